The number of anilines is 1. The van der Waals surface area contributed by atoms with Crippen LogP contribution in [0.2, 0.25) is 0 Å². The highest BCUT2D eigenvalue weighted by Gasteiger charge is 2.11. The van der Waals surface area contributed by atoms with Gasteiger partial charge in [0.2, 0.25) is 0 Å². The number of hydrogen-bond donors (Lipinski definition) is 1. The minimum absolute atomic E-state index is 0.199. The Balaban J connectivity index is 2.39. The Labute approximate surface area is 115 Å². The van der Waals surface area contributed by atoms with Crippen LogP contribution in [0.4, 0.5) is 10.2 Å². The molecule has 0 aliphatic carbocycles. The smallest absolute Gasteiger partial charge is 0.264 e. The first kappa shape index (κ1) is 12.4. The largest absolute Gasteiger partial charge is 0.385 e. The molecule has 0 spiro atoms. The van der Waals surface area contributed by atoms with Gasteiger partial charge in [-0.25, -0.2) is 4.39 Å². The number of aromatic nitrogens is 1. The molecule has 0 atom stereocenters. The van der Waals surface area contributed by atoms with E-state index >= 15 is 0 Å². The lowest BCUT2D eigenvalue weighted by Crippen LogP contribution is -2.22. The molecule has 3 rings (SSSR count). The molecular formula is C16H13FN2O. The zero-order valence-corrected chi connectivity index (χ0v) is 10.9. The van der Waals surface area contributed by atoms with Crippen LogP contribution >= 0.6 is 0 Å². The molecular weight excluding hydrogens is 255 g/mol. The van der Waals surface area contributed by atoms with Crippen molar-refractivity contribution >= 4 is 16.6 Å². The normalized spacial score (nSPS) is 10.9. The van der Waals surface area contributed by atoms with E-state index < -0.39 is 0 Å². The van der Waals surface area contributed by atoms with Gasteiger partial charge in [-0.1, -0.05) is 18.2 Å². The Morgan fingerprint density at radius 3 is 2.60 bits per heavy atom. The van der Waals surface area contributed by atoms with Gasteiger partial charge in [-0.2, -0.15) is 0 Å². The third-order valence-electron chi connectivity index (χ3n) is 3.36. The van der Waals surface area contributed by atoms with Gasteiger partial charge in [-0.3, -0.25) is 9.36 Å². The van der Waals surface area contributed by atoms with Gasteiger partial charge in [0.1, 0.15) is 11.6 Å². The Bertz CT molecular complexity index is 868. The molecule has 100 valence electrons. The van der Waals surface area contributed by atoms with Crippen LogP contribution in [0.15, 0.2) is 53.3 Å². The third-order valence-corrected chi connectivity index (χ3v) is 3.36. The zero-order chi connectivity index (χ0) is 14.3. The number of fused-ring (bicyclic) bond motifs is 1. The Morgan fingerprint density at radius 1 is 1.10 bits per heavy atom. The van der Waals surface area contributed by atoms with Gasteiger partial charge in [0, 0.05) is 5.39 Å². The van der Waals surface area contributed by atoms with E-state index in [0.29, 0.717) is 22.5 Å². The van der Waals surface area contributed by atoms with E-state index in [1.54, 1.807) is 25.1 Å². The van der Waals surface area contributed by atoms with Crippen molar-refractivity contribution < 1.29 is 4.39 Å². The van der Waals surface area contributed by atoms with Crippen molar-refractivity contribution in [3.05, 3.63) is 70.3 Å². The second kappa shape index (κ2) is 4.49. The van der Waals surface area contributed by atoms with Gasteiger partial charge in [0.05, 0.1) is 5.69 Å². The monoisotopic (exact) mass is 268 g/mol. The van der Waals surface area contributed by atoms with Gasteiger partial charge in [-0.05, 0) is 48.2 Å². The number of nitrogen functional groups attached to an aromatic ring is 1. The lowest BCUT2D eigenvalue weighted by Gasteiger charge is -2.13. The van der Waals surface area contributed by atoms with Crippen LogP contribution in [0.25, 0.3) is 16.5 Å². The molecule has 2 N–H and O–H groups in total. The van der Waals surface area contributed by atoms with Crippen molar-refractivity contribution in [3.63, 3.8) is 0 Å². The predicted molar refractivity (Wildman–Crippen MR) is 78.7 cm³/mol. The second-order valence-electron chi connectivity index (χ2n) is 4.73. The zero-order valence-electron chi connectivity index (χ0n) is 10.9. The molecule has 20 heavy (non-hydrogen) atoms. The van der Waals surface area contributed by atoms with Gasteiger partial charge in [0.25, 0.3) is 5.56 Å². The summed E-state index contributed by atoms with van der Waals surface area (Å²) in [4.78, 5) is 12.6. The Hall–Kier alpha value is -2.62. The highest BCUT2D eigenvalue weighted by Crippen LogP contribution is 2.20. The average molecular weight is 268 g/mol. The van der Waals surface area contributed by atoms with Crippen LogP contribution in [0.1, 0.15) is 5.56 Å². The van der Waals surface area contributed by atoms with Crippen LogP contribution in [0.5, 0.6) is 0 Å². The van der Waals surface area contributed by atoms with Crippen molar-refractivity contribution in [2.45, 2.75) is 6.92 Å². The fourth-order valence-electron chi connectivity index (χ4n) is 2.40. The summed E-state index contributed by atoms with van der Waals surface area (Å²) in [6.45, 7) is 1.75. The van der Waals surface area contributed by atoms with Crippen molar-refractivity contribution in [3.8, 4) is 5.69 Å². The number of nitrogens with two attached hydrogens (primary N) is 1. The first-order valence-electron chi connectivity index (χ1n) is 6.25. The van der Waals surface area contributed by atoms with E-state index in [9.17, 15) is 9.18 Å². The maximum Gasteiger partial charge on any atom is 0.264 e. The summed E-state index contributed by atoms with van der Waals surface area (Å²) < 4.78 is 14.6. The maximum absolute atomic E-state index is 13.2. The molecule has 1 aromatic heterocycles. The van der Waals surface area contributed by atoms with Crippen molar-refractivity contribution in [1.82, 2.24) is 4.57 Å². The maximum atomic E-state index is 13.2. The van der Waals surface area contributed by atoms with E-state index in [-0.39, 0.29) is 11.4 Å². The van der Waals surface area contributed by atoms with Gasteiger partial charge >= 0.3 is 0 Å². The van der Waals surface area contributed by atoms with E-state index in [0.717, 1.165) is 5.39 Å². The molecule has 0 fully saturated rings. The predicted octanol–water partition coefficient (Wildman–Crippen LogP) is 3.02. The van der Waals surface area contributed by atoms with E-state index in [1.165, 1.54) is 16.7 Å². The van der Waals surface area contributed by atoms with Crippen LogP contribution in [0.3, 0.4) is 0 Å². The van der Waals surface area contributed by atoms with Crippen LogP contribution in [-0.2, 0) is 0 Å². The summed E-state index contributed by atoms with van der Waals surface area (Å²) in [6, 6.07) is 13.3. The minimum Gasteiger partial charge on any atom is -0.385 e. The number of rotatable bonds is 1. The number of nitrogens with zero attached hydrogens (tertiary/aromatic N) is 1. The molecule has 0 unspecified atom stereocenters. The van der Waals surface area contributed by atoms with Crippen molar-refractivity contribution in [2.24, 2.45) is 0 Å². The summed E-state index contributed by atoms with van der Waals surface area (Å²) in [5, 5.41) is 1.39. The molecule has 2 aromatic carbocycles. The first-order valence-corrected chi connectivity index (χ1v) is 6.25. The molecule has 0 aliphatic rings. The molecule has 4 heteroatoms. The van der Waals surface area contributed by atoms with Gasteiger partial charge in [0.15, 0.2) is 0 Å². The first-order chi connectivity index (χ1) is 9.58. The van der Waals surface area contributed by atoms with Gasteiger partial charge < -0.3 is 5.73 Å². The highest BCUT2D eigenvalue weighted by molar-refractivity contribution is 5.84. The van der Waals surface area contributed by atoms with E-state index in [2.05, 4.69) is 0 Å². The lowest BCUT2D eigenvalue weighted by molar-refractivity contribution is 0.626. The molecule has 3 nitrogen and oxygen atoms in total. The molecule has 0 saturated carbocycles. The topological polar surface area (TPSA) is 48.0 Å². The number of hydrogen-bond acceptors (Lipinski definition) is 2. The summed E-state index contributed by atoms with van der Waals surface area (Å²) in [5.74, 6) is 0.00191. The number of aryl methyl sites for hydroxylation is 1. The Kier molecular flexibility index (Phi) is 2.79. The molecule has 0 amide bonds. The van der Waals surface area contributed by atoms with Crippen LogP contribution < -0.4 is 11.3 Å². The van der Waals surface area contributed by atoms with Crippen molar-refractivity contribution in [2.75, 3.05) is 5.73 Å². The van der Waals surface area contributed by atoms with E-state index in [4.69, 9.17) is 5.73 Å². The molecule has 0 aliphatic heterocycles. The molecule has 3 aromatic rings. The third kappa shape index (κ3) is 1.86. The fourth-order valence-corrected chi connectivity index (χ4v) is 2.40. The molecule has 0 radical (unpaired) electrons. The van der Waals surface area contributed by atoms with E-state index in [1.807, 2.05) is 18.2 Å². The minimum atomic E-state index is -0.335. The van der Waals surface area contributed by atoms with Gasteiger partial charge in [-0.15, -0.1) is 0 Å². The molecule has 0 saturated heterocycles. The summed E-state index contributed by atoms with van der Waals surface area (Å²) in [7, 11) is 0. The SMILES string of the molecule is Cc1cc(F)ccc1-n1c(N)cc2ccccc2c1=O. The number of pyridine rings is 1. The van der Waals surface area contributed by atoms with Crippen LogP contribution in [0, 0.1) is 12.7 Å². The second-order valence-corrected chi connectivity index (χ2v) is 4.73. The molecule has 0 bridgehead atoms. The number of benzene rings is 2. The lowest BCUT2D eigenvalue weighted by atomic mass is 10.1. The van der Waals surface area contributed by atoms with Crippen LogP contribution in [-0.4, -0.2) is 4.57 Å². The highest BCUT2D eigenvalue weighted by atomic mass is 19.1. The summed E-state index contributed by atoms with van der Waals surface area (Å²) in [6.07, 6.45) is 0. The quantitative estimate of drug-likeness (QED) is 0.737. The van der Waals surface area contributed by atoms with Crippen molar-refractivity contribution in [1.29, 1.82) is 0 Å². The molecule has 1 heterocycles. The Morgan fingerprint density at radius 2 is 1.85 bits per heavy atom. The fraction of sp³-hybridized carbons (Fsp3) is 0.0625. The standard InChI is InChI=1S/C16H13FN2O/c1-10-8-12(17)6-7-14(10)19-15(18)9-11-4-2-3-5-13(11)16(19)20/h2-9H,18H2,1H3. The summed E-state index contributed by atoms with van der Waals surface area (Å²) >= 11 is 0. The number of halogens is 1. The summed E-state index contributed by atoms with van der Waals surface area (Å²) in [5.41, 5.74) is 7.05. The average Bonchev–Trinajstić information content (AvgIpc) is 2.41.